The number of nitrogens with zero attached hydrogens (tertiary/aromatic N) is 1. The normalized spacial score (nSPS) is 14.9. The van der Waals surface area contributed by atoms with Gasteiger partial charge in [0, 0.05) is 20.1 Å². The Hall–Kier alpha value is -0.790. The zero-order chi connectivity index (χ0) is 24.4. The number of hydrogen-bond acceptors (Lipinski definition) is 4. The smallest absolute Gasteiger partial charge is 0.293 e. The fraction of sp³-hybridized carbons (Fsp3) is 0.0833. The van der Waals surface area contributed by atoms with Crippen LogP contribution in [0.5, 0.6) is 5.75 Å². The molecule has 34 heavy (non-hydrogen) atoms. The summed E-state index contributed by atoms with van der Waals surface area (Å²) in [4.78, 5) is 27.1. The van der Waals surface area contributed by atoms with E-state index in [-0.39, 0.29) is 17.7 Å². The summed E-state index contributed by atoms with van der Waals surface area (Å²) in [7, 11) is 0. The molecule has 4 rings (SSSR count). The lowest BCUT2D eigenvalue weighted by atomic mass is 10.2. The third kappa shape index (κ3) is 6.31. The Morgan fingerprint density at radius 3 is 2.32 bits per heavy atom. The zero-order valence-corrected chi connectivity index (χ0v) is 25.4. The molecule has 0 saturated carbocycles. The lowest BCUT2D eigenvalue weighted by Gasteiger charge is -2.13. The molecule has 1 heterocycles. The van der Waals surface area contributed by atoms with Crippen LogP contribution in [-0.2, 0) is 17.9 Å². The SMILES string of the molecule is O=C1S/C(=C\c2cc(I)c(OCc3ccc(Cl)cc3Cl)c(I)c2)C(=O)N1Cc1ccc(Br)cc1. The van der Waals surface area contributed by atoms with E-state index in [1.54, 1.807) is 18.2 Å². The summed E-state index contributed by atoms with van der Waals surface area (Å²) in [6.07, 6.45) is 1.75. The third-order valence-corrected chi connectivity index (χ3v) is 8.46. The molecule has 0 bridgehead atoms. The van der Waals surface area contributed by atoms with E-state index in [4.69, 9.17) is 27.9 Å². The van der Waals surface area contributed by atoms with Gasteiger partial charge < -0.3 is 4.74 Å². The van der Waals surface area contributed by atoms with Crippen LogP contribution in [0.2, 0.25) is 10.0 Å². The van der Waals surface area contributed by atoms with Gasteiger partial charge in [0.05, 0.1) is 18.6 Å². The van der Waals surface area contributed by atoms with Crippen LogP contribution in [0.4, 0.5) is 4.79 Å². The lowest BCUT2D eigenvalue weighted by Crippen LogP contribution is -2.27. The molecule has 0 atom stereocenters. The minimum Gasteiger partial charge on any atom is -0.487 e. The minimum absolute atomic E-state index is 0.240. The van der Waals surface area contributed by atoms with Gasteiger partial charge in [-0.3, -0.25) is 14.5 Å². The van der Waals surface area contributed by atoms with Crippen molar-refractivity contribution in [3.05, 3.63) is 97.9 Å². The summed E-state index contributed by atoms with van der Waals surface area (Å²) in [5, 5.41) is 0.847. The largest absolute Gasteiger partial charge is 0.487 e. The maximum absolute atomic E-state index is 12.9. The predicted octanol–water partition coefficient (Wildman–Crippen LogP) is 8.78. The van der Waals surface area contributed by atoms with Gasteiger partial charge in [0.1, 0.15) is 12.4 Å². The molecule has 3 aromatic rings. The van der Waals surface area contributed by atoms with Crippen molar-refractivity contribution in [2.75, 3.05) is 0 Å². The molecule has 3 aromatic carbocycles. The van der Waals surface area contributed by atoms with E-state index in [1.165, 1.54) is 4.90 Å². The van der Waals surface area contributed by atoms with E-state index in [0.29, 0.717) is 21.6 Å². The second-order valence-electron chi connectivity index (χ2n) is 7.23. The molecule has 1 saturated heterocycles. The van der Waals surface area contributed by atoms with Crippen molar-refractivity contribution < 1.29 is 14.3 Å². The molecule has 0 spiro atoms. The summed E-state index contributed by atoms with van der Waals surface area (Å²) in [5.74, 6) is 0.438. The molecule has 0 radical (unpaired) electrons. The molecule has 0 N–H and O–H groups in total. The van der Waals surface area contributed by atoms with Crippen LogP contribution in [0.1, 0.15) is 16.7 Å². The molecule has 0 aliphatic carbocycles. The van der Waals surface area contributed by atoms with Gasteiger partial charge in [-0.25, -0.2) is 0 Å². The minimum atomic E-state index is -0.291. The van der Waals surface area contributed by atoms with E-state index in [2.05, 4.69) is 61.1 Å². The first kappa shape index (κ1) is 26.3. The van der Waals surface area contributed by atoms with Gasteiger partial charge in [-0.2, -0.15) is 0 Å². The highest BCUT2D eigenvalue weighted by Gasteiger charge is 2.35. The molecule has 4 nitrogen and oxygen atoms in total. The van der Waals surface area contributed by atoms with E-state index < -0.39 is 0 Å². The Morgan fingerprint density at radius 2 is 1.68 bits per heavy atom. The van der Waals surface area contributed by atoms with Crippen LogP contribution in [-0.4, -0.2) is 16.0 Å². The van der Waals surface area contributed by atoms with Crippen molar-refractivity contribution in [2.45, 2.75) is 13.2 Å². The topological polar surface area (TPSA) is 46.6 Å². The van der Waals surface area contributed by atoms with Gasteiger partial charge in [0.15, 0.2) is 0 Å². The number of amides is 2. The zero-order valence-electron chi connectivity index (χ0n) is 17.2. The molecule has 0 unspecified atom stereocenters. The van der Waals surface area contributed by atoms with E-state index in [1.807, 2.05) is 42.5 Å². The number of thioether (sulfide) groups is 1. The molecule has 2 amide bonds. The maximum atomic E-state index is 12.9. The van der Waals surface area contributed by atoms with Crippen molar-refractivity contribution in [2.24, 2.45) is 0 Å². The van der Waals surface area contributed by atoms with Crippen LogP contribution < -0.4 is 4.74 Å². The Morgan fingerprint density at radius 1 is 1.00 bits per heavy atom. The molecular formula is C24H14BrCl2I2NO3S. The summed E-state index contributed by atoms with van der Waals surface area (Å²) in [6, 6.07) is 16.7. The monoisotopic (exact) mass is 799 g/mol. The number of imide groups is 1. The average Bonchev–Trinajstić information content (AvgIpc) is 3.03. The van der Waals surface area contributed by atoms with Crippen molar-refractivity contribution in [3.8, 4) is 5.75 Å². The highest BCUT2D eigenvalue weighted by atomic mass is 127. The molecular weight excluding hydrogens is 787 g/mol. The number of hydrogen-bond donors (Lipinski definition) is 0. The summed E-state index contributed by atoms with van der Waals surface area (Å²) < 4.78 is 8.74. The number of halogens is 5. The Kier molecular flexibility index (Phi) is 8.90. The highest BCUT2D eigenvalue weighted by molar-refractivity contribution is 14.1. The Balaban J connectivity index is 1.50. The van der Waals surface area contributed by atoms with E-state index >= 15 is 0 Å². The standard InChI is InChI=1S/C24H14BrCl2I2NO3S/c25-16-4-1-13(2-5-16)11-30-23(31)21(34-24(30)32)9-14-7-19(28)22(20(29)8-14)33-12-15-3-6-17(26)10-18(15)27/h1-10H,11-12H2/b21-9-. The van der Waals surface area contributed by atoms with Gasteiger partial charge in [0.25, 0.3) is 11.1 Å². The molecule has 1 fully saturated rings. The van der Waals surface area contributed by atoms with Gasteiger partial charge in [0.2, 0.25) is 0 Å². The second kappa shape index (κ2) is 11.5. The van der Waals surface area contributed by atoms with Gasteiger partial charge in [-0.1, -0.05) is 57.3 Å². The first-order valence-electron chi connectivity index (χ1n) is 9.77. The molecule has 174 valence electrons. The molecule has 10 heteroatoms. The second-order valence-corrected chi connectivity index (χ2v) is 12.3. The van der Waals surface area contributed by atoms with Gasteiger partial charge in [-0.15, -0.1) is 0 Å². The summed E-state index contributed by atoms with van der Waals surface area (Å²) in [6.45, 7) is 0.542. The maximum Gasteiger partial charge on any atom is 0.293 e. The summed E-state index contributed by atoms with van der Waals surface area (Å²) in [5.41, 5.74) is 2.54. The number of rotatable bonds is 6. The number of carbonyl (C=O) groups excluding carboxylic acids is 2. The predicted molar refractivity (Wildman–Crippen MR) is 158 cm³/mol. The van der Waals surface area contributed by atoms with Gasteiger partial charge in [-0.05, 0) is 111 Å². The average molecular weight is 801 g/mol. The van der Waals surface area contributed by atoms with Gasteiger partial charge >= 0.3 is 0 Å². The fourth-order valence-corrected chi connectivity index (χ4v) is 6.84. The van der Waals surface area contributed by atoms with Crippen LogP contribution in [0, 0.1) is 7.14 Å². The number of benzene rings is 3. The first-order valence-corrected chi connectivity index (χ1v) is 14.3. The lowest BCUT2D eigenvalue weighted by molar-refractivity contribution is -0.123. The van der Waals surface area contributed by atoms with E-state index in [0.717, 1.165) is 45.8 Å². The van der Waals surface area contributed by atoms with Crippen molar-refractivity contribution in [1.82, 2.24) is 4.90 Å². The molecule has 0 aromatic heterocycles. The van der Waals surface area contributed by atoms with Crippen LogP contribution >= 0.6 is 96.1 Å². The first-order chi connectivity index (χ1) is 16.2. The number of carbonyl (C=O) groups is 2. The van der Waals surface area contributed by atoms with Crippen LogP contribution in [0.25, 0.3) is 6.08 Å². The van der Waals surface area contributed by atoms with Crippen molar-refractivity contribution >= 4 is 113 Å². The molecule has 1 aliphatic rings. The highest BCUT2D eigenvalue weighted by Crippen LogP contribution is 2.36. The Labute approximate surface area is 246 Å². The quantitative estimate of drug-likeness (QED) is 0.185. The number of ether oxygens (including phenoxy) is 1. The van der Waals surface area contributed by atoms with Crippen molar-refractivity contribution in [1.29, 1.82) is 0 Å². The van der Waals surface area contributed by atoms with E-state index in [9.17, 15) is 9.59 Å². The Bertz CT molecular complexity index is 1300. The van der Waals surface area contributed by atoms with Crippen LogP contribution in [0.15, 0.2) is 64.0 Å². The third-order valence-electron chi connectivity index (χ3n) is 4.83. The molecule has 1 aliphatic heterocycles. The van der Waals surface area contributed by atoms with Crippen LogP contribution in [0.3, 0.4) is 0 Å². The fourth-order valence-electron chi connectivity index (χ4n) is 3.15. The summed E-state index contributed by atoms with van der Waals surface area (Å²) >= 11 is 21.0. The van der Waals surface area contributed by atoms with Crippen molar-refractivity contribution in [3.63, 3.8) is 0 Å².